The van der Waals surface area contributed by atoms with E-state index in [9.17, 15) is 13.2 Å². The number of nitrogens with one attached hydrogen (secondary N) is 1. The molecule has 2 aliphatic rings. The van der Waals surface area contributed by atoms with Crippen LogP contribution < -0.4 is 5.32 Å². The molecule has 1 fully saturated rings. The number of benzene rings is 1. The van der Waals surface area contributed by atoms with Gasteiger partial charge >= 0.3 is 0 Å². The summed E-state index contributed by atoms with van der Waals surface area (Å²) in [7, 11) is -3.37. The summed E-state index contributed by atoms with van der Waals surface area (Å²) in [6.45, 7) is 0.806. The fourth-order valence-corrected chi connectivity index (χ4v) is 5.57. The van der Waals surface area contributed by atoms with Crippen LogP contribution in [-0.4, -0.2) is 48.0 Å². The number of rotatable bonds is 4. The Labute approximate surface area is 159 Å². The smallest absolute Gasteiger partial charge is 0.252 e. The number of hydrogen-bond acceptors (Lipinski definition) is 4. The lowest BCUT2D eigenvalue weighted by atomic mass is 9.92. The summed E-state index contributed by atoms with van der Waals surface area (Å²) in [5.74, 6) is -0.0273. The number of pyridine rings is 1. The number of aryl methyl sites for hydroxylation is 2. The van der Waals surface area contributed by atoms with E-state index in [0.717, 1.165) is 24.0 Å². The molecule has 0 aliphatic carbocycles. The first-order valence-corrected chi connectivity index (χ1v) is 10.9. The average molecular weight is 385 g/mol. The van der Waals surface area contributed by atoms with Crippen LogP contribution in [-0.2, 0) is 22.9 Å². The molecule has 1 N–H and O–H groups in total. The normalized spacial score (nSPS) is 23.0. The molecule has 1 atom stereocenters. The van der Waals surface area contributed by atoms with E-state index >= 15 is 0 Å². The van der Waals surface area contributed by atoms with Crippen LogP contribution in [0.3, 0.4) is 0 Å². The second kappa shape index (κ2) is 7.05. The number of carbonyl (C=O) groups is 1. The second-order valence-electron chi connectivity index (χ2n) is 7.40. The van der Waals surface area contributed by atoms with Crippen LogP contribution in [0.2, 0.25) is 0 Å². The van der Waals surface area contributed by atoms with E-state index in [1.54, 1.807) is 16.7 Å². The SMILES string of the molecule is O=C1N[C@@]2(CCc3ccccc31)CCN(S(=O)(=O)CCc1ccncc1)C2. The van der Waals surface area contributed by atoms with Crippen molar-refractivity contribution < 1.29 is 13.2 Å². The molecule has 0 unspecified atom stereocenters. The third kappa shape index (κ3) is 3.75. The maximum Gasteiger partial charge on any atom is 0.252 e. The van der Waals surface area contributed by atoms with Crippen LogP contribution in [0.15, 0.2) is 48.8 Å². The van der Waals surface area contributed by atoms with Gasteiger partial charge in [0.1, 0.15) is 0 Å². The third-order valence-corrected chi connectivity index (χ3v) is 7.44. The number of sulfonamides is 1. The molecule has 142 valence electrons. The van der Waals surface area contributed by atoms with Crippen molar-refractivity contribution in [3.8, 4) is 0 Å². The summed E-state index contributed by atoms with van der Waals surface area (Å²) in [6.07, 6.45) is 6.00. The molecule has 2 aromatic rings. The van der Waals surface area contributed by atoms with Gasteiger partial charge in [0.2, 0.25) is 10.0 Å². The van der Waals surface area contributed by atoms with Gasteiger partial charge in [0, 0.05) is 31.0 Å². The van der Waals surface area contributed by atoms with Gasteiger partial charge in [-0.2, -0.15) is 4.31 Å². The number of fused-ring (bicyclic) bond motifs is 1. The lowest BCUT2D eigenvalue weighted by Crippen LogP contribution is -2.50. The third-order valence-electron chi connectivity index (χ3n) is 5.62. The quantitative estimate of drug-likeness (QED) is 0.870. The summed E-state index contributed by atoms with van der Waals surface area (Å²) in [6, 6.07) is 11.3. The standard InChI is InChI=1S/C20H23N3O3S/c24-19-18-4-2-1-3-17(18)5-9-20(22-19)10-13-23(15-20)27(25,26)14-8-16-6-11-21-12-7-16/h1-4,6-7,11-12H,5,8-10,13-15H2,(H,22,24)/t20-/m0/s1. The molecule has 1 saturated heterocycles. The van der Waals surface area contributed by atoms with Gasteiger partial charge in [0.25, 0.3) is 5.91 Å². The van der Waals surface area contributed by atoms with Crippen molar-refractivity contribution in [1.29, 1.82) is 0 Å². The summed E-state index contributed by atoms with van der Waals surface area (Å²) in [4.78, 5) is 16.6. The number of hydrogen-bond donors (Lipinski definition) is 1. The first-order valence-electron chi connectivity index (χ1n) is 9.25. The molecule has 1 spiro atoms. The number of aromatic nitrogens is 1. The zero-order valence-electron chi connectivity index (χ0n) is 15.1. The van der Waals surface area contributed by atoms with Crippen LogP contribution in [0.1, 0.15) is 34.3 Å². The van der Waals surface area contributed by atoms with Crippen LogP contribution in [0, 0.1) is 0 Å². The van der Waals surface area contributed by atoms with E-state index < -0.39 is 15.6 Å². The summed E-state index contributed by atoms with van der Waals surface area (Å²) >= 11 is 0. The first kappa shape index (κ1) is 18.1. The average Bonchev–Trinajstić information content (AvgIpc) is 3.05. The monoisotopic (exact) mass is 385 g/mol. The Morgan fingerprint density at radius 1 is 1.11 bits per heavy atom. The van der Waals surface area contributed by atoms with Crippen LogP contribution >= 0.6 is 0 Å². The summed E-state index contributed by atoms with van der Waals surface area (Å²) in [5.41, 5.74) is 2.22. The van der Waals surface area contributed by atoms with Gasteiger partial charge in [0.15, 0.2) is 0 Å². The zero-order chi connectivity index (χ0) is 18.9. The minimum absolute atomic E-state index is 0.0707. The van der Waals surface area contributed by atoms with E-state index in [0.29, 0.717) is 31.5 Å². The molecule has 1 amide bonds. The van der Waals surface area contributed by atoms with E-state index in [1.165, 1.54) is 0 Å². The van der Waals surface area contributed by atoms with Gasteiger partial charge in [-0.15, -0.1) is 0 Å². The Bertz CT molecular complexity index is 946. The molecule has 1 aromatic carbocycles. The molecule has 7 heteroatoms. The first-order chi connectivity index (χ1) is 13.0. The van der Waals surface area contributed by atoms with E-state index in [1.807, 2.05) is 36.4 Å². The fraction of sp³-hybridized carbons (Fsp3) is 0.400. The lowest BCUT2D eigenvalue weighted by Gasteiger charge is -2.29. The Kier molecular flexibility index (Phi) is 4.74. The summed E-state index contributed by atoms with van der Waals surface area (Å²) < 4.78 is 27.2. The highest BCUT2D eigenvalue weighted by Crippen LogP contribution is 2.32. The molecule has 3 heterocycles. The molecule has 27 heavy (non-hydrogen) atoms. The van der Waals surface area contributed by atoms with E-state index in [-0.39, 0.29) is 11.7 Å². The molecule has 6 nitrogen and oxygen atoms in total. The van der Waals surface area contributed by atoms with Crippen LogP contribution in [0.4, 0.5) is 0 Å². The van der Waals surface area contributed by atoms with Gasteiger partial charge < -0.3 is 5.32 Å². The Morgan fingerprint density at radius 3 is 2.70 bits per heavy atom. The molecular formula is C20H23N3O3S. The molecule has 0 bridgehead atoms. The van der Waals surface area contributed by atoms with Crippen molar-refractivity contribution in [2.45, 2.75) is 31.2 Å². The molecule has 1 aromatic heterocycles. The fourth-order valence-electron chi connectivity index (χ4n) is 4.01. The van der Waals surface area contributed by atoms with Gasteiger partial charge in [-0.25, -0.2) is 8.42 Å². The number of nitrogens with zero attached hydrogens (tertiary/aromatic N) is 2. The predicted molar refractivity (Wildman–Crippen MR) is 103 cm³/mol. The van der Waals surface area contributed by atoms with Crippen molar-refractivity contribution in [3.63, 3.8) is 0 Å². The van der Waals surface area contributed by atoms with E-state index in [2.05, 4.69) is 10.3 Å². The van der Waals surface area contributed by atoms with Crippen molar-refractivity contribution in [3.05, 3.63) is 65.5 Å². The highest BCUT2D eigenvalue weighted by Gasteiger charge is 2.44. The summed E-state index contributed by atoms with van der Waals surface area (Å²) in [5, 5.41) is 3.13. The highest BCUT2D eigenvalue weighted by molar-refractivity contribution is 7.89. The zero-order valence-corrected chi connectivity index (χ0v) is 15.9. The van der Waals surface area contributed by atoms with Crippen molar-refractivity contribution in [1.82, 2.24) is 14.6 Å². The maximum atomic E-state index is 12.8. The van der Waals surface area contributed by atoms with Gasteiger partial charge in [-0.3, -0.25) is 9.78 Å². The molecule has 0 saturated carbocycles. The van der Waals surface area contributed by atoms with E-state index in [4.69, 9.17) is 0 Å². The molecule has 4 rings (SSSR count). The Morgan fingerprint density at radius 2 is 1.89 bits per heavy atom. The molecule has 2 aliphatic heterocycles. The Hall–Kier alpha value is -2.25. The molecular weight excluding hydrogens is 362 g/mol. The predicted octanol–water partition coefficient (Wildman–Crippen LogP) is 1.77. The topological polar surface area (TPSA) is 79.4 Å². The van der Waals surface area contributed by atoms with Gasteiger partial charge in [0.05, 0.1) is 11.3 Å². The van der Waals surface area contributed by atoms with Gasteiger partial charge in [-0.1, -0.05) is 18.2 Å². The molecule has 0 radical (unpaired) electrons. The maximum absolute atomic E-state index is 12.8. The van der Waals surface area contributed by atoms with Crippen LogP contribution in [0.5, 0.6) is 0 Å². The largest absolute Gasteiger partial charge is 0.345 e. The minimum Gasteiger partial charge on any atom is -0.345 e. The number of amides is 1. The number of carbonyl (C=O) groups excluding carboxylic acids is 1. The van der Waals surface area contributed by atoms with Crippen molar-refractivity contribution in [2.75, 3.05) is 18.8 Å². The highest BCUT2D eigenvalue weighted by atomic mass is 32.2. The van der Waals surface area contributed by atoms with Gasteiger partial charge in [-0.05, 0) is 55.0 Å². The Balaban J connectivity index is 1.46. The second-order valence-corrected chi connectivity index (χ2v) is 9.49. The minimum atomic E-state index is -3.37. The van der Waals surface area contributed by atoms with Crippen molar-refractivity contribution >= 4 is 15.9 Å². The lowest BCUT2D eigenvalue weighted by molar-refractivity contribution is 0.0906. The van der Waals surface area contributed by atoms with Crippen molar-refractivity contribution in [2.24, 2.45) is 0 Å². The van der Waals surface area contributed by atoms with Crippen LogP contribution in [0.25, 0.3) is 0 Å².